The van der Waals surface area contributed by atoms with Gasteiger partial charge in [-0.3, -0.25) is 19.4 Å². The smallest absolute Gasteiger partial charge is 0.264 e. The van der Waals surface area contributed by atoms with Crippen molar-refractivity contribution in [2.45, 2.75) is 38.3 Å². The molecule has 0 saturated carbocycles. The van der Waals surface area contributed by atoms with Crippen LogP contribution in [0, 0.1) is 12.3 Å². The molecule has 2 N–H and O–H groups in total. The van der Waals surface area contributed by atoms with Gasteiger partial charge in [0.15, 0.2) is 11.5 Å². The van der Waals surface area contributed by atoms with Gasteiger partial charge in [-0.25, -0.2) is 0 Å². The van der Waals surface area contributed by atoms with Crippen molar-refractivity contribution in [1.82, 2.24) is 14.7 Å². The van der Waals surface area contributed by atoms with Crippen molar-refractivity contribution in [3.63, 3.8) is 0 Å². The van der Waals surface area contributed by atoms with Gasteiger partial charge in [0.25, 0.3) is 11.8 Å². The van der Waals surface area contributed by atoms with Crippen LogP contribution in [-0.4, -0.2) is 79.5 Å². The second-order valence-electron chi connectivity index (χ2n) is 10.6. The van der Waals surface area contributed by atoms with Crippen molar-refractivity contribution in [2.75, 3.05) is 46.9 Å². The number of nitrogens with two attached hydrogens (primary N) is 1. The number of allylic oxidation sites excluding steroid dienone is 2. The number of hydrogen-bond acceptors (Lipinski definition) is 7. The molecule has 226 valence electrons. The Morgan fingerprint density at radius 3 is 2.33 bits per heavy atom. The average Bonchev–Trinajstić information content (AvgIpc) is 3.29. The van der Waals surface area contributed by atoms with Crippen molar-refractivity contribution < 1.29 is 19.1 Å². The summed E-state index contributed by atoms with van der Waals surface area (Å²) in [5.41, 5.74) is 9.08. The molecule has 0 radical (unpaired) electrons. The lowest BCUT2D eigenvalue weighted by Gasteiger charge is -2.39. The Morgan fingerprint density at radius 2 is 1.74 bits per heavy atom. The van der Waals surface area contributed by atoms with Crippen molar-refractivity contribution in [3.05, 3.63) is 95.2 Å². The molecule has 0 unspecified atom stereocenters. The Balaban J connectivity index is 1.61. The maximum atomic E-state index is 14.1. The van der Waals surface area contributed by atoms with E-state index in [0.717, 1.165) is 18.7 Å². The van der Waals surface area contributed by atoms with E-state index < -0.39 is 6.04 Å². The summed E-state index contributed by atoms with van der Waals surface area (Å²) in [6, 6.07) is 15.6. The molecule has 43 heavy (non-hydrogen) atoms. The number of terminal acetylenes is 1. The monoisotopic (exact) mass is 582 g/mol. The van der Waals surface area contributed by atoms with Crippen LogP contribution in [0.3, 0.4) is 0 Å². The number of imide groups is 1. The summed E-state index contributed by atoms with van der Waals surface area (Å²) in [4.78, 5) is 33.8. The van der Waals surface area contributed by atoms with Crippen molar-refractivity contribution in [3.8, 4) is 23.8 Å². The van der Waals surface area contributed by atoms with Crippen LogP contribution in [0.4, 0.5) is 0 Å². The van der Waals surface area contributed by atoms with Crippen LogP contribution >= 0.6 is 0 Å². The lowest BCUT2D eigenvalue weighted by molar-refractivity contribution is -0.139. The summed E-state index contributed by atoms with van der Waals surface area (Å²) < 4.78 is 10.9. The van der Waals surface area contributed by atoms with Crippen LogP contribution in [0.5, 0.6) is 11.5 Å². The number of rotatable bonds is 12. The zero-order valence-corrected chi connectivity index (χ0v) is 25.4. The number of piperazine rings is 1. The summed E-state index contributed by atoms with van der Waals surface area (Å²) in [6.45, 7) is 9.01. The van der Waals surface area contributed by atoms with Crippen LogP contribution in [0.25, 0.3) is 0 Å². The minimum atomic E-state index is -0.399. The molecule has 2 aromatic carbocycles. The number of ether oxygens (including phenoxy) is 2. The lowest BCUT2D eigenvalue weighted by atomic mass is 9.99. The molecule has 0 aliphatic carbocycles. The van der Waals surface area contributed by atoms with E-state index in [-0.39, 0.29) is 17.9 Å². The third-order valence-electron chi connectivity index (χ3n) is 8.23. The maximum Gasteiger partial charge on any atom is 0.264 e. The van der Waals surface area contributed by atoms with Gasteiger partial charge < -0.3 is 20.1 Å². The van der Waals surface area contributed by atoms with Gasteiger partial charge in [0.05, 0.1) is 31.4 Å². The number of methoxy groups -OCH3 is 2. The van der Waals surface area contributed by atoms with Crippen LogP contribution in [0.1, 0.15) is 36.9 Å². The fourth-order valence-electron chi connectivity index (χ4n) is 6.04. The zero-order chi connectivity index (χ0) is 30.9. The first-order valence-electron chi connectivity index (χ1n) is 14.7. The van der Waals surface area contributed by atoms with E-state index in [9.17, 15) is 9.59 Å². The first-order chi connectivity index (χ1) is 20.9. The van der Waals surface area contributed by atoms with Crippen molar-refractivity contribution in [2.24, 2.45) is 5.73 Å². The SMILES string of the molecule is C#C/C(=C1/C(=O)N([C@H](CCCN)Cc2ccc(OC)c(OC)c2)C(=O)/C1=C/C)N1CCN([C@H](C=C)c2ccccc2)CC1. The molecule has 2 aliphatic rings. The van der Waals surface area contributed by atoms with E-state index in [2.05, 4.69) is 34.4 Å². The molecule has 2 fully saturated rings. The molecule has 2 saturated heterocycles. The first-order valence-corrected chi connectivity index (χ1v) is 14.7. The van der Waals surface area contributed by atoms with Gasteiger partial charge in [-0.2, -0.15) is 0 Å². The minimum Gasteiger partial charge on any atom is -0.493 e. The molecule has 2 atom stereocenters. The maximum absolute atomic E-state index is 14.1. The van der Waals surface area contributed by atoms with Crippen LogP contribution < -0.4 is 15.2 Å². The van der Waals surface area contributed by atoms with Gasteiger partial charge in [-0.1, -0.05) is 54.5 Å². The number of likely N-dealkylation sites (tertiary alicyclic amines) is 1. The predicted molar refractivity (Wildman–Crippen MR) is 169 cm³/mol. The molecule has 0 spiro atoms. The van der Waals surface area contributed by atoms with E-state index >= 15 is 0 Å². The summed E-state index contributed by atoms with van der Waals surface area (Å²) >= 11 is 0. The summed E-state index contributed by atoms with van der Waals surface area (Å²) in [5, 5.41) is 0. The highest BCUT2D eigenvalue weighted by molar-refractivity contribution is 6.25. The van der Waals surface area contributed by atoms with Gasteiger partial charge >= 0.3 is 0 Å². The molecular formula is C35H42N4O4. The Hall–Kier alpha value is -4.32. The molecule has 2 aromatic rings. The Bertz CT molecular complexity index is 1420. The van der Waals surface area contributed by atoms with Crippen molar-refractivity contribution in [1.29, 1.82) is 0 Å². The first kappa shape index (κ1) is 31.6. The van der Waals surface area contributed by atoms with Gasteiger partial charge in [0.1, 0.15) is 5.70 Å². The highest BCUT2D eigenvalue weighted by Gasteiger charge is 2.44. The molecule has 0 aromatic heterocycles. The van der Waals surface area contributed by atoms with E-state index in [1.54, 1.807) is 27.2 Å². The topological polar surface area (TPSA) is 88.3 Å². The average molecular weight is 583 g/mol. The molecule has 2 heterocycles. The van der Waals surface area contributed by atoms with Gasteiger partial charge in [-0.05, 0) is 56.0 Å². The van der Waals surface area contributed by atoms with Gasteiger partial charge in [-0.15, -0.1) is 13.0 Å². The zero-order valence-electron chi connectivity index (χ0n) is 25.4. The summed E-state index contributed by atoms with van der Waals surface area (Å²) in [5.74, 6) is 3.29. The number of benzene rings is 2. The normalized spacial score (nSPS) is 19.3. The lowest BCUT2D eigenvalue weighted by Crippen LogP contribution is -2.47. The minimum absolute atomic E-state index is 0.0847. The van der Waals surface area contributed by atoms with E-state index in [4.69, 9.17) is 21.6 Å². The molecule has 8 heteroatoms. The molecule has 8 nitrogen and oxygen atoms in total. The Kier molecular flexibility index (Phi) is 10.8. The quantitative estimate of drug-likeness (QED) is 0.175. The van der Waals surface area contributed by atoms with Crippen LogP contribution in [-0.2, 0) is 16.0 Å². The summed E-state index contributed by atoms with van der Waals surface area (Å²) in [7, 11) is 3.16. The van der Waals surface area contributed by atoms with E-state index in [0.29, 0.717) is 67.2 Å². The second-order valence-corrected chi connectivity index (χ2v) is 10.6. The van der Waals surface area contributed by atoms with Crippen LogP contribution in [0.2, 0.25) is 0 Å². The van der Waals surface area contributed by atoms with Gasteiger partial charge in [0, 0.05) is 32.2 Å². The molecule has 2 aliphatic heterocycles. The fraction of sp³-hybridized carbons (Fsp3) is 0.371. The summed E-state index contributed by atoms with van der Waals surface area (Å²) in [6.07, 6.45) is 11.4. The third kappa shape index (κ3) is 6.69. The highest BCUT2D eigenvalue weighted by atomic mass is 16.5. The van der Waals surface area contributed by atoms with E-state index in [1.165, 1.54) is 10.5 Å². The van der Waals surface area contributed by atoms with Crippen molar-refractivity contribution >= 4 is 11.8 Å². The molecule has 2 amide bonds. The predicted octanol–water partition coefficient (Wildman–Crippen LogP) is 4.10. The number of carbonyl (C=O) groups excluding carboxylic acids is 2. The van der Waals surface area contributed by atoms with Crippen LogP contribution in [0.15, 0.2) is 84.1 Å². The highest BCUT2D eigenvalue weighted by Crippen LogP contribution is 2.35. The molecule has 4 rings (SSSR count). The fourth-order valence-corrected chi connectivity index (χ4v) is 6.04. The largest absolute Gasteiger partial charge is 0.493 e. The number of hydrogen-bond donors (Lipinski definition) is 1. The Morgan fingerprint density at radius 1 is 1.05 bits per heavy atom. The van der Waals surface area contributed by atoms with Gasteiger partial charge in [0.2, 0.25) is 0 Å². The standard InChI is InChI=1S/C35H42N4O4/c1-6-28-33(30(8-3)38-21-19-37(20-22-38)29(7-2)26-13-10-9-11-14-26)35(41)39(34(28)40)27(15-12-18-36)23-25-16-17-31(42-4)32(24-25)43-5/h3,6-7,9-11,13-14,16-17,24,27,29H,2,12,15,18-23,36H2,1,4-5H3/b28-6+,33-30-/t27-,29-/m1/s1. The Labute approximate surface area is 255 Å². The number of nitrogens with zero attached hydrogens (tertiary/aromatic N) is 3. The molecule has 0 bridgehead atoms. The second kappa shape index (κ2) is 14.7. The number of amides is 2. The number of carbonyl (C=O) groups is 2. The third-order valence-corrected chi connectivity index (χ3v) is 8.23. The van der Waals surface area contributed by atoms with E-state index in [1.807, 2.05) is 42.5 Å². The molecular weight excluding hydrogens is 540 g/mol.